The van der Waals surface area contributed by atoms with Crippen molar-refractivity contribution in [2.75, 3.05) is 6.61 Å². The molecule has 0 radical (unpaired) electrons. The molecule has 0 saturated carbocycles. The Bertz CT molecular complexity index is 298. The van der Waals surface area contributed by atoms with Gasteiger partial charge in [-0.1, -0.05) is 25.1 Å². The molecule has 0 bridgehead atoms. The lowest BCUT2D eigenvalue weighted by molar-refractivity contribution is 0.191. The minimum absolute atomic E-state index is 0.164. The van der Waals surface area contributed by atoms with Crippen molar-refractivity contribution in [2.24, 2.45) is 0 Å². The molecule has 2 nitrogen and oxygen atoms in total. The van der Waals surface area contributed by atoms with Gasteiger partial charge in [-0.2, -0.15) is 0 Å². The molecule has 0 N–H and O–H groups in total. The maximum absolute atomic E-state index is 5.45. The summed E-state index contributed by atoms with van der Waals surface area (Å²) in [5, 5.41) is 0.508. The van der Waals surface area contributed by atoms with Crippen molar-refractivity contribution < 1.29 is 9.47 Å². The van der Waals surface area contributed by atoms with Crippen LogP contribution in [0.15, 0.2) is 30.3 Å². The zero-order valence-corrected chi connectivity index (χ0v) is 9.92. The Morgan fingerprint density at radius 3 is 2.60 bits per heavy atom. The second kappa shape index (κ2) is 6.40. The maximum Gasteiger partial charge on any atom is 0.198 e. The van der Waals surface area contributed by atoms with Gasteiger partial charge < -0.3 is 9.47 Å². The summed E-state index contributed by atoms with van der Waals surface area (Å²) in [4.78, 5) is 0. The molecule has 0 heterocycles. The number of rotatable bonds is 5. The van der Waals surface area contributed by atoms with Gasteiger partial charge in [0.1, 0.15) is 5.75 Å². The highest BCUT2D eigenvalue weighted by Gasteiger charge is 2.04. The average Bonchev–Trinajstić information content (AvgIpc) is 2.27. The number of para-hydroxylation sites is 1. The molecule has 1 rings (SSSR count). The molecule has 0 saturated heterocycles. The summed E-state index contributed by atoms with van der Waals surface area (Å²) in [6.45, 7) is 4.39. The van der Waals surface area contributed by atoms with Gasteiger partial charge in [0.2, 0.25) is 0 Å². The highest BCUT2D eigenvalue weighted by atomic mass is 32.1. The van der Waals surface area contributed by atoms with Crippen molar-refractivity contribution in [1.29, 1.82) is 0 Å². The number of hydrogen-bond acceptors (Lipinski definition) is 3. The van der Waals surface area contributed by atoms with Crippen LogP contribution in [0.4, 0.5) is 0 Å². The third-order valence-corrected chi connectivity index (χ3v) is 2.22. The lowest BCUT2D eigenvalue weighted by Gasteiger charge is -2.13. The molecule has 1 atom stereocenters. The predicted octanol–water partition coefficient (Wildman–Crippen LogP) is 3.21. The molecule has 82 valence electrons. The van der Waals surface area contributed by atoms with Crippen molar-refractivity contribution in [3.8, 4) is 5.75 Å². The average molecular weight is 224 g/mol. The standard InChI is InChI=1S/C12H16O2S/c1-3-10(2)14-12(15)9-13-11-7-5-4-6-8-11/h4-8,10H,3,9H2,1-2H3. The van der Waals surface area contributed by atoms with Crippen LogP contribution >= 0.6 is 12.2 Å². The molecule has 0 aliphatic carbocycles. The predicted molar refractivity (Wildman–Crippen MR) is 65.4 cm³/mol. The van der Waals surface area contributed by atoms with E-state index in [9.17, 15) is 0 Å². The van der Waals surface area contributed by atoms with E-state index in [0.29, 0.717) is 11.7 Å². The number of ether oxygens (including phenoxy) is 2. The molecular formula is C12H16O2S. The topological polar surface area (TPSA) is 18.5 Å². The number of benzene rings is 1. The molecule has 3 heteroatoms. The van der Waals surface area contributed by atoms with Crippen molar-refractivity contribution in [2.45, 2.75) is 26.4 Å². The number of thiocarbonyl (C=S) groups is 1. The van der Waals surface area contributed by atoms with Gasteiger partial charge in [0.15, 0.2) is 11.7 Å². The highest BCUT2D eigenvalue weighted by Crippen LogP contribution is 2.08. The first-order valence-corrected chi connectivity index (χ1v) is 5.50. The van der Waals surface area contributed by atoms with Gasteiger partial charge >= 0.3 is 0 Å². The van der Waals surface area contributed by atoms with Crippen LogP contribution in [-0.4, -0.2) is 17.8 Å². The van der Waals surface area contributed by atoms with Crippen LogP contribution in [0.25, 0.3) is 0 Å². The third-order valence-electron chi connectivity index (χ3n) is 2.01. The molecule has 1 aromatic carbocycles. The largest absolute Gasteiger partial charge is 0.485 e. The fourth-order valence-electron chi connectivity index (χ4n) is 1.00. The molecule has 15 heavy (non-hydrogen) atoms. The molecule has 0 fully saturated rings. The summed E-state index contributed by atoms with van der Waals surface area (Å²) in [6.07, 6.45) is 1.11. The van der Waals surface area contributed by atoms with Crippen LogP contribution in [0.3, 0.4) is 0 Å². The minimum Gasteiger partial charge on any atom is -0.485 e. The molecule has 1 aromatic rings. The van der Waals surface area contributed by atoms with E-state index in [1.54, 1.807) is 0 Å². The van der Waals surface area contributed by atoms with Gasteiger partial charge in [-0.05, 0) is 37.7 Å². The maximum atomic E-state index is 5.45. The first kappa shape index (κ1) is 12.0. The van der Waals surface area contributed by atoms with E-state index in [-0.39, 0.29) is 6.10 Å². The van der Waals surface area contributed by atoms with Gasteiger partial charge in [0.05, 0.1) is 6.10 Å². The third kappa shape index (κ3) is 4.79. The molecule has 0 spiro atoms. The molecular weight excluding hydrogens is 208 g/mol. The van der Waals surface area contributed by atoms with E-state index in [1.807, 2.05) is 37.3 Å². The fourth-order valence-corrected chi connectivity index (χ4v) is 1.22. The Balaban J connectivity index is 2.29. The minimum atomic E-state index is 0.164. The summed E-state index contributed by atoms with van der Waals surface area (Å²) < 4.78 is 10.9. The van der Waals surface area contributed by atoms with Crippen LogP contribution in [0, 0.1) is 0 Å². The molecule has 0 aliphatic rings. The summed E-state index contributed by atoms with van der Waals surface area (Å²) >= 11 is 5.05. The van der Waals surface area contributed by atoms with Crippen LogP contribution in [0.2, 0.25) is 0 Å². The fraction of sp³-hybridized carbons (Fsp3) is 0.417. The SMILES string of the molecule is CCC(C)OC(=S)COc1ccccc1. The molecule has 1 unspecified atom stereocenters. The zero-order valence-electron chi connectivity index (χ0n) is 9.10. The zero-order chi connectivity index (χ0) is 11.1. The lowest BCUT2D eigenvalue weighted by Crippen LogP contribution is -2.18. The first-order chi connectivity index (χ1) is 7.22. The monoisotopic (exact) mass is 224 g/mol. The normalized spacial score (nSPS) is 11.9. The molecule has 0 aliphatic heterocycles. The smallest absolute Gasteiger partial charge is 0.198 e. The van der Waals surface area contributed by atoms with Crippen LogP contribution in [0.1, 0.15) is 20.3 Å². The molecule has 0 amide bonds. The second-order valence-electron chi connectivity index (χ2n) is 3.31. The Kier molecular flexibility index (Phi) is 5.12. The molecule has 0 aromatic heterocycles. The van der Waals surface area contributed by atoms with Crippen molar-refractivity contribution in [3.63, 3.8) is 0 Å². The highest BCUT2D eigenvalue weighted by molar-refractivity contribution is 7.80. The van der Waals surface area contributed by atoms with Gasteiger partial charge in [0, 0.05) is 0 Å². The van der Waals surface area contributed by atoms with Crippen molar-refractivity contribution in [1.82, 2.24) is 0 Å². The first-order valence-electron chi connectivity index (χ1n) is 5.09. The van der Waals surface area contributed by atoms with Gasteiger partial charge in [-0.25, -0.2) is 0 Å². The quantitative estimate of drug-likeness (QED) is 0.715. The van der Waals surface area contributed by atoms with Crippen LogP contribution in [0.5, 0.6) is 5.75 Å². The van der Waals surface area contributed by atoms with E-state index in [1.165, 1.54) is 0 Å². The summed E-state index contributed by atoms with van der Waals surface area (Å²) in [6, 6.07) is 9.58. The summed E-state index contributed by atoms with van der Waals surface area (Å²) in [7, 11) is 0. The summed E-state index contributed by atoms with van der Waals surface area (Å²) in [5.41, 5.74) is 0. The van der Waals surface area contributed by atoms with E-state index >= 15 is 0 Å². The van der Waals surface area contributed by atoms with Crippen LogP contribution in [-0.2, 0) is 4.74 Å². The summed E-state index contributed by atoms with van der Waals surface area (Å²) in [5.74, 6) is 0.813. The Labute approximate surface area is 96.2 Å². The van der Waals surface area contributed by atoms with E-state index in [2.05, 4.69) is 6.92 Å². The van der Waals surface area contributed by atoms with Gasteiger partial charge in [0.25, 0.3) is 0 Å². The van der Waals surface area contributed by atoms with E-state index in [0.717, 1.165) is 12.2 Å². The Hall–Kier alpha value is -1.09. The van der Waals surface area contributed by atoms with Gasteiger partial charge in [-0.15, -0.1) is 0 Å². The lowest BCUT2D eigenvalue weighted by atomic mass is 10.3. The van der Waals surface area contributed by atoms with E-state index < -0.39 is 0 Å². The second-order valence-corrected chi connectivity index (χ2v) is 3.77. The Morgan fingerprint density at radius 2 is 2.00 bits per heavy atom. The van der Waals surface area contributed by atoms with Crippen LogP contribution < -0.4 is 4.74 Å². The van der Waals surface area contributed by atoms with Gasteiger partial charge in [-0.3, -0.25) is 0 Å². The number of hydrogen-bond donors (Lipinski definition) is 0. The Morgan fingerprint density at radius 1 is 1.33 bits per heavy atom. The van der Waals surface area contributed by atoms with Crippen molar-refractivity contribution in [3.05, 3.63) is 30.3 Å². The van der Waals surface area contributed by atoms with Crippen molar-refractivity contribution >= 4 is 17.3 Å². The van der Waals surface area contributed by atoms with E-state index in [4.69, 9.17) is 21.7 Å².